The highest BCUT2D eigenvalue weighted by Crippen LogP contribution is 2.40. The van der Waals surface area contributed by atoms with Gasteiger partial charge >= 0.3 is 12.0 Å². The number of amides is 2. The third-order valence-corrected chi connectivity index (χ3v) is 7.87. The molecule has 1 aliphatic rings. The first-order chi connectivity index (χ1) is 20.2. The first-order valence-electron chi connectivity index (χ1n) is 14.2. The van der Waals surface area contributed by atoms with Gasteiger partial charge in [0.25, 0.3) is 0 Å². The molecule has 0 spiro atoms. The second kappa shape index (κ2) is 13.0. The minimum Gasteiger partial charge on any atom is -0.481 e. The van der Waals surface area contributed by atoms with E-state index in [0.717, 1.165) is 48.7 Å². The van der Waals surface area contributed by atoms with Crippen molar-refractivity contribution in [3.8, 4) is 21.8 Å². The normalized spacial score (nSPS) is 13.5. The maximum Gasteiger partial charge on any atom is 0.319 e. The molecule has 1 aliphatic heterocycles. The number of fused-ring (bicyclic) bond motifs is 1. The van der Waals surface area contributed by atoms with E-state index in [-0.39, 0.29) is 12.5 Å². The van der Waals surface area contributed by atoms with Gasteiger partial charge in [0.1, 0.15) is 10.7 Å². The van der Waals surface area contributed by atoms with Crippen LogP contribution >= 0.6 is 11.3 Å². The third kappa shape index (κ3) is 8.05. The second-order valence-electron chi connectivity index (χ2n) is 11.9. The van der Waals surface area contributed by atoms with Crippen LogP contribution in [0.5, 0.6) is 0 Å². The quantitative estimate of drug-likeness (QED) is 0.317. The van der Waals surface area contributed by atoms with E-state index in [0.29, 0.717) is 32.1 Å². The molecule has 11 heteroatoms. The standard InChI is InChI=1S/C28H30N6O3S.C4H10O/c1-17-5-7-19(8-6-17)24-20(16-23(35)36)18(2)15-22-25(24)38-26(30-22)21-9-10-29-27(31-21)33-11-13-34(14-12-33)28(37)32(3)4;1-4(2,3)5/h5-10,15H,11-14,16H2,1-4H3,(H,35,36);5H,1-3H3. The van der Waals surface area contributed by atoms with Gasteiger partial charge in [-0.25, -0.2) is 19.7 Å². The number of aromatic nitrogens is 3. The molecule has 2 aromatic carbocycles. The van der Waals surface area contributed by atoms with Crippen LogP contribution in [0, 0.1) is 13.8 Å². The minimum absolute atomic E-state index is 0.00994. The van der Waals surface area contributed by atoms with E-state index >= 15 is 0 Å². The molecule has 1 fully saturated rings. The Morgan fingerprint density at radius 2 is 1.63 bits per heavy atom. The number of hydrogen-bond donors (Lipinski definition) is 2. The topological polar surface area (TPSA) is 123 Å². The van der Waals surface area contributed by atoms with Crippen molar-refractivity contribution in [1.29, 1.82) is 0 Å². The van der Waals surface area contributed by atoms with Crippen LogP contribution in [-0.4, -0.2) is 92.8 Å². The SMILES string of the molecule is CC(C)(C)O.Cc1ccc(-c2c(CC(=O)O)c(C)cc3nc(-c4ccnc(N5CCN(C(=O)N(C)C)CC5)n4)sc23)cc1. The molecule has 5 rings (SSSR count). The molecule has 10 nitrogen and oxygen atoms in total. The van der Waals surface area contributed by atoms with Crippen molar-refractivity contribution in [3.63, 3.8) is 0 Å². The average Bonchev–Trinajstić information content (AvgIpc) is 3.36. The van der Waals surface area contributed by atoms with Crippen molar-refractivity contribution in [2.75, 3.05) is 45.2 Å². The van der Waals surface area contributed by atoms with Gasteiger partial charge < -0.3 is 24.9 Å². The summed E-state index contributed by atoms with van der Waals surface area (Å²) in [7, 11) is 3.52. The Kier molecular flexibility index (Phi) is 9.66. The first kappa shape index (κ1) is 31.8. The summed E-state index contributed by atoms with van der Waals surface area (Å²) in [4.78, 5) is 43.8. The van der Waals surface area contributed by atoms with Crippen LogP contribution in [0.3, 0.4) is 0 Å². The summed E-state index contributed by atoms with van der Waals surface area (Å²) in [6.45, 7) is 11.7. The largest absolute Gasteiger partial charge is 0.481 e. The number of thiazole rings is 1. The van der Waals surface area contributed by atoms with Crippen LogP contribution in [0.4, 0.5) is 10.7 Å². The lowest BCUT2D eigenvalue weighted by atomic mass is 9.93. The summed E-state index contributed by atoms with van der Waals surface area (Å²) in [5.41, 5.74) is 5.78. The molecule has 4 aromatic rings. The predicted octanol–water partition coefficient (Wildman–Crippen LogP) is 5.25. The molecule has 228 valence electrons. The monoisotopic (exact) mass is 604 g/mol. The molecular formula is C32H40N6O4S. The number of carbonyl (C=O) groups is 2. The lowest BCUT2D eigenvalue weighted by Gasteiger charge is -2.35. The van der Waals surface area contributed by atoms with Crippen LogP contribution in [-0.2, 0) is 11.2 Å². The highest BCUT2D eigenvalue weighted by atomic mass is 32.1. The Hall–Kier alpha value is -4.09. The van der Waals surface area contributed by atoms with E-state index in [4.69, 9.17) is 15.1 Å². The average molecular weight is 605 g/mol. The molecule has 2 aromatic heterocycles. The number of hydrogen-bond acceptors (Lipinski definition) is 8. The van der Waals surface area contributed by atoms with Crippen molar-refractivity contribution < 1.29 is 19.8 Å². The van der Waals surface area contributed by atoms with Crippen molar-refractivity contribution >= 4 is 39.5 Å². The number of anilines is 1. The van der Waals surface area contributed by atoms with Gasteiger partial charge in [0.05, 0.1) is 22.2 Å². The molecule has 2 amide bonds. The van der Waals surface area contributed by atoms with E-state index in [1.165, 1.54) is 11.3 Å². The van der Waals surface area contributed by atoms with Crippen LogP contribution in [0.2, 0.25) is 0 Å². The number of aryl methyl sites for hydroxylation is 2. The summed E-state index contributed by atoms with van der Waals surface area (Å²) in [5, 5.41) is 18.9. The molecule has 43 heavy (non-hydrogen) atoms. The lowest BCUT2D eigenvalue weighted by Crippen LogP contribution is -2.51. The molecule has 0 aliphatic carbocycles. The number of carboxylic acid groups (broad SMARTS) is 1. The molecule has 0 bridgehead atoms. The van der Waals surface area contributed by atoms with Gasteiger partial charge in [-0.15, -0.1) is 11.3 Å². The Morgan fingerprint density at radius 1 is 1.00 bits per heavy atom. The fraction of sp³-hybridized carbons (Fsp3) is 0.406. The van der Waals surface area contributed by atoms with Crippen molar-refractivity contribution in [1.82, 2.24) is 24.8 Å². The Balaban J connectivity index is 0.000000782. The minimum atomic E-state index is -0.863. The summed E-state index contributed by atoms with van der Waals surface area (Å²) in [5.74, 6) is -0.251. The number of carbonyl (C=O) groups excluding carboxylic acids is 1. The fourth-order valence-corrected chi connectivity index (χ4v) is 5.86. The fourth-order valence-electron chi connectivity index (χ4n) is 4.75. The summed E-state index contributed by atoms with van der Waals surface area (Å²) >= 11 is 1.52. The smallest absolute Gasteiger partial charge is 0.319 e. The molecule has 0 atom stereocenters. The van der Waals surface area contributed by atoms with Gasteiger partial charge in [-0.2, -0.15) is 0 Å². The summed E-state index contributed by atoms with van der Waals surface area (Å²) in [6, 6.07) is 12.0. The zero-order valence-electron chi connectivity index (χ0n) is 25.9. The van der Waals surface area contributed by atoms with Gasteiger partial charge in [0.15, 0.2) is 0 Å². The van der Waals surface area contributed by atoms with Gasteiger partial charge in [-0.1, -0.05) is 29.8 Å². The van der Waals surface area contributed by atoms with E-state index in [9.17, 15) is 14.7 Å². The molecule has 1 saturated heterocycles. The van der Waals surface area contributed by atoms with Crippen molar-refractivity contribution in [2.45, 2.75) is 46.6 Å². The molecule has 0 radical (unpaired) electrons. The molecule has 0 saturated carbocycles. The maximum atomic E-state index is 12.3. The molecule has 2 N–H and O–H groups in total. The van der Waals surface area contributed by atoms with Crippen molar-refractivity contribution in [3.05, 3.63) is 59.3 Å². The first-order valence-corrected chi connectivity index (χ1v) is 15.0. The van der Waals surface area contributed by atoms with Crippen LogP contribution in [0.25, 0.3) is 32.0 Å². The summed E-state index contributed by atoms with van der Waals surface area (Å²) in [6.07, 6.45) is 1.68. The van der Waals surface area contributed by atoms with E-state index in [2.05, 4.69) is 9.88 Å². The molecule has 3 heterocycles. The summed E-state index contributed by atoms with van der Waals surface area (Å²) < 4.78 is 0.946. The third-order valence-electron chi connectivity index (χ3n) is 6.76. The predicted molar refractivity (Wildman–Crippen MR) is 172 cm³/mol. The number of nitrogens with zero attached hydrogens (tertiary/aromatic N) is 6. The highest BCUT2D eigenvalue weighted by molar-refractivity contribution is 7.22. The highest BCUT2D eigenvalue weighted by Gasteiger charge is 2.24. The van der Waals surface area contributed by atoms with E-state index in [1.54, 1.807) is 46.0 Å². The Labute approximate surface area is 256 Å². The van der Waals surface area contributed by atoms with Gasteiger partial charge in [0, 0.05) is 52.0 Å². The second-order valence-corrected chi connectivity index (χ2v) is 12.9. The number of rotatable bonds is 5. The molecular weight excluding hydrogens is 564 g/mol. The van der Waals surface area contributed by atoms with Gasteiger partial charge in [-0.05, 0) is 63.4 Å². The number of piperazine rings is 1. The number of urea groups is 1. The van der Waals surface area contributed by atoms with Crippen molar-refractivity contribution in [2.24, 2.45) is 0 Å². The van der Waals surface area contributed by atoms with Gasteiger partial charge in [0.2, 0.25) is 5.95 Å². The number of aliphatic carboxylic acids is 1. The zero-order valence-corrected chi connectivity index (χ0v) is 26.7. The van der Waals surface area contributed by atoms with Crippen LogP contribution < -0.4 is 4.90 Å². The Bertz CT molecular complexity index is 1600. The Morgan fingerprint density at radius 3 is 2.21 bits per heavy atom. The maximum absolute atomic E-state index is 12.3. The number of benzene rings is 2. The van der Waals surface area contributed by atoms with Crippen LogP contribution in [0.1, 0.15) is 37.5 Å². The van der Waals surface area contributed by atoms with E-state index in [1.807, 2.05) is 55.1 Å². The number of carboxylic acids is 1. The number of aliphatic hydroxyl groups is 1. The lowest BCUT2D eigenvalue weighted by molar-refractivity contribution is -0.136. The van der Waals surface area contributed by atoms with Crippen LogP contribution in [0.15, 0.2) is 42.6 Å². The van der Waals surface area contributed by atoms with Gasteiger partial charge in [-0.3, -0.25) is 4.79 Å². The van der Waals surface area contributed by atoms with E-state index < -0.39 is 11.6 Å². The molecule has 0 unspecified atom stereocenters. The zero-order chi connectivity index (χ0) is 31.5.